The van der Waals surface area contributed by atoms with Gasteiger partial charge in [0.05, 0.1) is 18.1 Å². The summed E-state index contributed by atoms with van der Waals surface area (Å²) in [5.74, 6) is -0.423. The van der Waals surface area contributed by atoms with E-state index in [0.717, 1.165) is 6.42 Å². The summed E-state index contributed by atoms with van der Waals surface area (Å²) in [5, 5.41) is 2.75. The molecular weight excluding hydrogens is 263 g/mol. The fourth-order valence-corrected chi connectivity index (χ4v) is 1.93. The summed E-state index contributed by atoms with van der Waals surface area (Å²) < 4.78 is 20.1. The molecule has 0 aliphatic heterocycles. The van der Waals surface area contributed by atoms with Crippen molar-refractivity contribution in [3.05, 3.63) is 17.9 Å². The van der Waals surface area contributed by atoms with Crippen molar-refractivity contribution in [2.24, 2.45) is 0 Å². The van der Waals surface area contributed by atoms with Crippen LogP contribution in [0.25, 0.3) is 11.0 Å². The minimum absolute atomic E-state index is 0.0388. The maximum absolute atomic E-state index is 13.6. The highest BCUT2D eigenvalue weighted by molar-refractivity contribution is 5.83. The molecule has 0 spiro atoms. The van der Waals surface area contributed by atoms with Crippen LogP contribution in [0.4, 0.5) is 10.3 Å². The number of anilines is 1. The van der Waals surface area contributed by atoms with E-state index in [4.69, 9.17) is 10.5 Å². The molecule has 0 saturated carbocycles. The number of rotatable bonds is 5. The van der Waals surface area contributed by atoms with Gasteiger partial charge in [-0.25, -0.2) is 9.37 Å². The largest absolute Gasteiger partial charge is 0.494 e. The first-order valence-electron chi connectivity index (χ1n) is 6.32. The van der Waals surface area contributed by atoms with Crippen LogP contribution in [0.15, 0.2) is 12.1 Å². The van der Waals surface area contributed by atoms with Crippen LogP contribution in [0.5, 0.6) is 5.75 Å². The van der Waals surface area contributed by atoms with Gasteiger partial charge in [-0.05, 0) is 6.42 Å². The third-order valence-corrected chi connectivity index (χ3v) is 2.93. The number of ether oxygens (including phenoxy) is 1. The molecule has 3 N–H and O–H groups in total. The number of benzene rings is 1. The molecular formula is C13H17FN4O2. The first-order valence-corrected chi connectivity index (χ1v) is 6.32. The lowest BCUT2D eigenvalue weighted by Crippen LogP contribution is -2.28. The summed E-state index contributed by atoms with van der Waals surface area (Å²) >= 11 is 0. The Labute approximate surface area is 115 Å². The van der Waals surface area contributed by atoms with Crippen molar-refractivity contribution in [1.29, 1.82) is 0 Å². The predicted octanol–water partition coefficient (Wildman–Crippen LogP) is 1.29. The Kier molecular flexibility index (Phi) is 4.07. The minimum atomic E-state index is -0.514. The third-order valence-electron chi connectivity index (χ3n) is 2.93. The van der Waals surface area contributed by atoms with E-state index in [9.17, 15) is 9.18 Å². The minimum Gasteiger partial charge on any atom is -0.494 e. The smallest absolute Gasteiger partial charge is 0.240 e. The molecule has 108 valence electrons. The average molecular weight is 280 g/mol. The Balaban J connectivity index is 2.37. The molecule has 0 aliphatic carbocycles. The molecule has 1 heterocycles. The number of nitrogens with two attached hydrogens (primary N) is 1. The number of amides is 1. The lowest BCUT2D eigenvalue weighted by Gasteiger charge is -2.08. The van der Waals surface area contributed by atoms with Crippen LogP contribution in [0.2, 0.25) is 0 Å². The zero-order valence-electron chi connectivity index (χ0n) is 11.4. The van der Waals surface area contributed by atoms with Gasteiger partial charge in [-0.1, -0.05) is 6.92 Å². The maximum Gasteiger partial charge on any atom is 0.240 e. The highest BCUT2D eigenvalue weighted by atomic mass is 19.1. The van der Waals surface area contributed by atoms with E-state index in [2.05, 4.69) is 10.3 Å². The Bertz CT molecular complexity index is 639. The van der Waals surface area contributed by atoms with E-state index in [1.165, 1.54) is 23.8 Å². The van der Waals surface area contributed by atoms with Crippen molar-refractivity contribution >= 4 is 22.9 Å². The molecule has 0 bridgehead atoms. The quantitative estimate of drug-likeness (QED) is 0.864. The SMILES string of the molecule is CCCNC(=O)Cn1c(N)nc2cc(F)c(OC)cc21. The van der Waals surface area contributed by atoms with E-state index in [0.29, 0.717) is 17.6 Å². The molecule has 0 radical (unpaired) electrons. The second-order valence-corrected chi connectivity index (χ2v) is 4.38. The molecule has 6 nitrogen and oxygen atoms in total. The van der Waals surface area contributed by atoms with Crippen LogP contribution in [0.1, 0.15) is 13.3 Å². The third kappa shape index (κ3) is 2.66. The molecule has 0 saturated heterocycles. The van der Waals surface area contributed by atoms with Gasteiger partial charge in [-0.15, -0.1) is 0 Å². The fourth-order valence-electron chi connectivity index (χ4n) is 1.93. The van der Waals surface area contributed by atoms with Gasteiger partial charge in [-0.2, -0.15) is 0 Å². The van der Waals surface area contributed by atoms with Crippen LogP contribution in [-0.2, 0) is 11.3 Å². The van der Waals surface area contributed by atoms with Gasteiger partial charge >= 0.3 is 0 Å². The van der Waals surface area contributed by atoms with Crippen LogP contribution in [0.3, 0.4) is 0 Å². The number of aromatic nitrogens is 2. The van der Waals surface area contributed by atoms with Crippen molar-refractivity contribution in [2.45, 2.75) is 19.9 Å². The number of hydrogen-bond donors (Lipinski definition) is 2. The van der Waals surface area contributed by atoms with Gasteiger partial charge in [0.15, 0.2) is 11.6 Å². The predicted molar refractivity (Wildman–Crippen MR) is 74.0 cm³/mol. The van der Waals surface area contributed by atoms with Gasteiger partial charge in [0, 0.05) is 18.7 Å². The number of nitrogen functional groups attached to an aromatic ring is 1. The molecule has 1 aromatic heterocycles. The van der Waals surface area contributed by atoms with E-state index in [1.54, 1.807) is 0 Å². The summed E-state index contributed by atoms with van der Waals surface area (Å²) in [4.78, 5) is 15.8. The van der Waals surface area contributed by atoms with Gasteiger partial charge in [0.25, 0.3) is 0 Å². The van der Waals surface area contributed by atoms with Gasteiger partial charge in [0.2, 0.25) is 11.9 Å². The molecule has 0 unspecified atom stereocenters. The second-order valence-electron chi connectivity index (χ2n) is 4.38. The van der Waals surface area contributed by atoms with Crippen molar-refractivity contribution in [2.75, 3.05) is 19.4 Å². The molecule has 0 fully saturated rings. The zero-order chi connectivity index (χ0) is 14.7. The molecule has 2 rings (SSSR count). The number of methoxy groups -OCH3 is 1. The molecule has 20 heavy (non-hydrogen) atoms. The lowest BCUT2D eigenvalue weighted by molar-refractivity contribution is -0.121. The van der Waals surface area contributed by atoms with Crippen LogP contribution >= 0.6 is 0 Å². The molecule has 1 aromatic carbocycles. The Morgan fingerprint density at radius 3 is 2.95 bits per heavy atom. The Hall–Kier alpha value is -2.31. The number of nitrogens with one attached hydrogen (secondary N) is 1. The van der Waals surface area contributed by atoms with E-state index in [1.807, 2.05) is 6.92 Å². The first kappa shape index (κ1) is 14.1. The van der Waals surface area contributed by atoms with Gasteiger partial charge in [-0.3, -0.25) is 4.79 Å². The summed E-state index contributed by atoms with van der Waals surface area (Å²) in [6, 6.07) is 2.73. The summed E-state index contributed by atoms with van der Waals surface area (Å²) in [7, 11) is 1.38. The molecule has 2 aromatic rings. The zero-order valence-corrected chi connectivity index (χ0v) is 11.4. The van der Waals surface area contributed by atoms with Crippen molar-refractivity contribution in [3.8, 4) is 5.75 Å². The first-order chi connectivity index (χ1) is 9.56. The van der Waals surface area contributed by atoms with Crippen molar-refractivity contribution < 1.29 is 13.9 Å². The highest BCUT2D eigenvalue weighted by Crippen LogP contribution is 2.26. The molecule has 7 heteroatoms. The topological polar surface area (TPSA) is 82.2 Å². The van der Waals surface area contributed by atoms with Crippen LogP contribution in [-0.4, -0.2) is 29.1 Å². The number of fused-ring (bicyclic) bond motifs is 1. The van der Waals surface area contributed by atoms with E-state index >= 15 is 0 Å². The van der Waals surface area contributed by atoms with Gasteiger partial charge in [0.1, 0.15) is 6.54 Å². The lowest BCUT2D eigenvalue weighted by atomic mass is 10.3. The van der Waals surface area contributed by atoms with Crippen molar-refractivity contribution in [3.63, 3.8) is 0 Å². The van der Waals surface area contributed by atoms with Crippen LogP contribution in [0, 0.1) is 5.82 Å². The van der Waals surface area contributed by atoms with E-state index in [-0.39, 0.29) is 24.1 Å². The maximum atomic E-state index is 13.6. The summed E-state index contributed by atoms with van der Waals surface area (Å²) in [5.41, 5.74) is 6.74. The highest BCUT2D eigenvalue weighted by Gasteiger charge is 2.15. The molecule has 1 amide bonds. The number of hydrogen-bond acceptors (Lipinski definition) is 4. The number of carbonyl (C=O) groups excluding carboxylic acids is 1. The monoisotopic (exact) mass is 280 g/mol. The Morgan fingerprint density at radius 1 is 1.55 bits per heavy atom. The number of halogens is 1. The van der Waals surface area contributed by atoms with Gasteiger partial charge < -0.3 is 20.4 Å². The van der Waals surface area contributed by atoms with E-state index < -0.39 is 5.82 Å². The van der Waals surface area contributed by atoms with Crippen LogP contribution < -0.4 is 15.8 Å². The number of carbonyl (C=O) groups is 1. The molecule has 0 aliphatic rings. The molecule has 0 atom stereocenters. The Morgan fingerprint density at radius 2 is 2.30 bits per heavy atom. The number of imidazole rings is 1. The average Bonchev–Trinajstić information content (AvgIpc) is 2.71. The fraction of sp³-hybridized carbons (Fsp3) is 0.385. The summed E-state index contributed by atoms with van der Waals surface area (Å²) in [6.45, 7) is 2.61. The second kappa shape index (κ2) is 5.77. The van der Waals surface area contributed by atoms with Crippen molar-refractivity contribution in [1.82, 2.24) is 14.9 Å². The normalized spacial score (nSPS) is 10.8. The number of nitrogens with zero attached hydrogens (tertiary/aromatic N) is 2. The standard InChI is InChI=1S/C13H17FN4O2/c1-3-4-16-12(19)7-18-10-6-11(20-2)8(14)5-9(10)17-13(18)15/h5-6H,3-4,7H2,1-2H3,(H2,15,17)(H,16,19). The summed E-state index contributed by atoms with van der Waals surface area (Å²) in [6.07, 6.45) is 0.852.